The van der Waals surface area contributed by atoms with Crippen LogP contribution in [0.2, 0.25) is 0 Å². The van der Waals surface area contributed by atoms with Gasteiger partial charge in [0.2, 0.25) is 11.8 Å². The van der Waals surface area contributed by atoms with E-state index in [1.165, 1.54) is 13.2 Å². The molecule has 2 aliphatic rings. The lowest BCUT2D eigenvalue weighted by molar-refractivity contribution is -0.139. The maximum Gasteiger partial charge on any atom is 0.423 e. The van der Waals surface area contributed by atoms with Gasteiger partial charge in [-0.2, -0.15) is 18.2 Å². The van der Waals surface area contributed by atoms with Crippen LogP contribution < -0.4 is 14.8 Å². The summed E-state index contributed by atoms with van der Waals surface area (Å²) < 4.78 is 52.7. The van der Waals surface area contributed by atoms with Crippen LogP contribution in [0.25, 0.3) is 0 Å². The summed E-state index contributed by atoms with van der Waals surface area (Å²) in [7, 11) is 7.08. The van der Waals surface area contributed by atoms with Crippen LogP contribution in [0.5, 0.6) is 17.4 Å². The molecule has 0 radical (unpaired) electrons. The largest absolute Gasteiger partial charge is 0.495 e. The Morgan fingerprint density at radius 1 is 1.16 bits per heavy atom. The lowest BCUT2D eigenvalue weighted by Gasteiger charge is -2.18. The number of methoxy groups -OCH3 is 1. The number of aromatic nitrogens is 2. The normalized spacial score (nSPS) is 15.8. The smallest absolute Gasteiger partial charge is 0.423 e. The van der Waals surface area contributed by atoms with E-state index in [-0.39, 0.29) is 23.2 Å². The number of rotatable bonds is 7. The van der Waals surface area contributed by atoms with Crippen LogP contribution in [0.15, 0.2) is 42.6 Å². The van der Waals surface area contributed by atoms with E-state index in [1.807, 2.05) is 37.2 Å². The number of carbonyl (C=O) groups excluding carboxylic acids is 1. The number of ether oxygens (including phenoxy) is 2. The van der Waals surface area contributed by atoms with Gasteiger partial charge in [-0.05, 0) is 56.3 Å². The topological polar surface area (TPSA) is 79.8 Å². The number of nitrogens with one attached hydrogen (secondary N) is 1. The summed E-state index contributed by atoms with van der Waals surface area (Å²) in [5, 5.41) is 2.92. The van der Waals surface area contributed by atoms with Gasteiger partial charge >= 0.3 is 6.18 Å². The molecule has 194 valence electrons. The highest BCUT2D eigenvalue weighted by atomic mass is 19.4. The summed E-state index contributed by atoms with van der Waals surface area (Å²) >= 11 is 0. The number of amides is 1. The van der Waals surface area contributed by atoms with Crippen LogP contribution in [0.1, 0.15) is 39.9 Å². The first kappa shape index (κ1) is 24.8. The molecule has 0 unspecified atom stereocenters. The van der Waals surface area contributed by atoms with Crippen molar-refractivity contribution >= 4 is 17.5 Å². The van der Waals surface area contributed by atoms with Crippen LogP contribution in [0, 0.1) is 0 Å². The van der Waals surface area contributed by atoms with Gasteiger partial charge in [0, 0.05) is 19.8 Å². The molecule has 1 fully saturated rings. The van der Waals surface area contributed by atoms with E-state index in [0.717, 1.165) is 24.0 Å². The monoisotopic (exact) mass is 513 g/mol. The molecule has 2 heterocycles. The molecule has 1 spiro atoms. The third-order valence-corrected chi connectivity index (χ3v) is 6.69. The number of fused-ring (bicyclic) bond motifs is 2. The molecule has 11 heteroatoms. The molecular formula is C26H26F3N5O3. The molecule has 1 aromatic heterocycles. The number of hydrogen-bond acceptors (Lipinski definition) is 7. The highest BCUT2D eigenvalue weighted by Crippen LogP contribution is 2.57. The zero-order chi connectivity index (χ0) is 26.5. The Morgan fingerprint density at radius 3 is 2.57 bits per heavy atom. The quantitative estimate of drug-likeness (QED) is 0.467. The Bertz CT molecular complexity index is 1370. The summed E-state index contributed by atoms with van der Waals surface area (Å²) in [6, 6.07) is 10.4. The predicted molar refractivity (Wildman–Crippen MR) is 130 cm³/mol. The van der Waals surface area contributed by atoms with Gasteiger partial charge in [0.1, 0.15) is 17.1 Å². The number of anilines is 2. The van der Waals surface area contributed by atoms with E-state index in [0.29, 0.717) is 24.2 Å². The van der Waals surface area contributed by atoms with Crippen molar-refractivity contribution in [1.82, 2.24) is 19.8 Å². The molecule has 3 aromatic rings. The highest BCUT2D eigenvalue weighted by Gasteiger charge is 2.57. The third kappa shape index (κ3) is 4.43. The minimum Gasteiger partial charge on any atom is -0.495 e. The third-order valence-electron chi connectivity index (χ3n) is 6.69. The number of nitrogens with zero attached hydrogens (tertiary/aromatic N) is 4. The molecule has 1 saturated carbocycles. The summed E-state index contributed by atoms with van der Waals surface area (Å²) in [6.45, 7) is 0.683. The maximum absolute atomic E-state index is 13.8. The number of alkyl halides is 3. The zero-order valence-electron chi connectivity index (χ0n) is 20.8. The molecule has 1 aliphatic heterocycles. The standard InChI is InChI=1S/C26H26F3N5O3/c1-33(2)14-15-8-9-18(20(12-15)36-4)31-24-30-13-17(26(27,28)29)22(32-24)37-19-7-5-6-16-21(19)23(35)34(3)25(16)10-11-25/h5-9,12-13H,10-11,14H2,1-4H3,(H,30,31,32). The number of carbonyl (C=O) groups is 1. The molecule has 0 atom stereocenters. The lowest BCUT2D eigenvalue weighted by Crippen LogP contribution is -2.28. The Balaban J connectivity index is 1.50. The molecule has 1 N–H and O–H groups in total. The molecule has 8 nitrogen and oxygen atoms in total. The Morgan fingerprint density at radius 2 is 1.92 bits per heavy atom. The van der Waals surface area contributed by atoms with Gasteiger partial charge in [-0.3, -0.25) is 4.79 Å². The van der Waals surface area contributed by atoms with Gasteiger partial charge in [-0.25, -0.2) is 4.98 Å². The molecule has 5 rings (SSSR count). The van der Waals surface area contributed by atoms with Gasteiger partial charge in [0.05, 0.1) is 23.9 Å². The van der Waals surface area contributed by atoms with Crippen molar-refractivity contribution in [2.45, 2.75) is 31.1 Å². The van der Waals surface area contributed by atoms with Crippen molar-refractivity contribution in [1.29, 1.82) is 0 Å². The minimum atomic E-state index is -4.77. The number of hydrogen-bond donors (Lipinski definition) is 1. The van der Waals surface area contributed by atoms with Gasteiger partial charge in [0.15, 0.2) is 0 Å². The van der Waals surface area contributed by atoms with Crippen LogP contribution in [-0.2, 0) is 18.3 Å². The van der Waals surface area contributed by atoms with E-state index in [9.17, 15) is 18.0 Å². The number of benzene rings is 2. The van der Waals surface area contributed by atoms with Crippen LogP contribution in [-0.4, -0.2) is 53.9 Å². The minimum absolute atomic E-state index is 0.0268. The second-order valence-corrected chi connectivity index (χ2v) is 9.48. The second kappa shape index (κ2) is 8.91. The second-order valence-electron chi connectivity index (χ2n) is 9.48. The molecule has 2 aromatic carbocycles. The van der Waals surface area contributed by atoms with Crippen LogP contribution in [0.3, 0.4) is 0 Å². The summed E-state index contributed by atoms with van der Waals surface area (Å²) in [5.41, 5.74) is 0.952. The van der Waals surface area contributed by atoms with E-state index in [2.05, 4.69) is 15.3 Å². The first-order valence-electron chi connectivity index (χ1n) is 11.7. The first-order valence-corrected chi connectivity index (χ1v) is 11.7. The van der Waals surface area contributed by atoms with Crippen LogP contribution in [0.4, 0.5) is 24.8 Å². The maximum atomic E-state index is 13.8. The van der Waals surface area contributed by atoms with Crippen molar-refractivity contribution in [3.8, 4) is 17.4 Å². The van der Waals surface area contributed by atoms with Crippen molar-refractivity contribution < 1.29 is 27.4 Å². The Kier molecular flexibility index (Phi) is 5.98. The molecule has 0 bridgehead atoms. The van der Waals surface area contributed by atoms with Crippen molar-refractivity contribution in [3.63, 3.8) is 0 Å². The first-order chi connectivity index (χ1) is 17.5. The highest BCUT2D eigenvalue weighted by molar-refractivity contribution is 6.03. The van der Waals surface area contributed by atoms with Crippen molar-refractivity contribution in [2.24, 2.45) is 0 Å². The van der Waals surface area contributed by atoms with Gasteiger partial charge in [-0.15, -0.1) is 0 Å². The summed E-state index contributed by atoms with van der Waals surface area (Å²) in [5.74, 6) is -0.592. The number of halogens is 3. The molecular weight excluding hydrogens is 487 g/mol. The average Bonchev–Trinajstić information content (AvgIpc) is 3.61. The molecule has 1 amide bonds. The van der Waals surface area contributed by atoms with Crippen molar-refractivity contribution in [2.75, 3.05) is 33.6 Å². The van der Waals surface area contributed by atoms with E-state index in [1.54, 1.807) is 24.1 Å². The van der Waals surface area contributed by atoms with Gasteiger partial charge in [-0.1, -0.05) is 18.2 Å². The van der Waals surface area contributed by atoms with Crippen molar-refractivity contribution in [3.05, 3.63) is 64.8 Å². The predicted octanol–water partition coefficient (Wildman–Crippen LogP) is 5.18. The fourth-order valence-electron chi connectivity index (χ4n) is 4.72. The van der Waals surface area contributed by atoms with Crippen LogP contribution >= 0.6 is 0 Å². The SMILES string of the molecule is COc1cc(CN(C)C)ccc1Nc1ncc(C(F)(F)F)c(Oc2cccc3c2C(=O)N(C)C32CC2)n1. The summed E-state index contributed by atoms with van der Waals surface area (Å²) in [4.78, 5) is 24.5. The van der Waals surface area contributed by atoms with Gasteiger partial charge in [0.25, 0.3) is 5.91 Å². The Hall–Kier alpha value is -3.86. The molecule has 37 heavy (non-hydrogen) atoms. The fraction of sp³-hybridized carbons (Fsp3) is 0.346. The average molecular weight is 514 g/mol. The Labute approximate surface area is 212 Å². The van der Waals surface area contributed by atoms with E-state index >= 15 is 0 Å². The molecule has 1 aliphatic carbocycles. The lowest BCUT2D eigenvalue weighted by atomic mass is 10.0. The van der Waals surface area contributed by atoms with E-state index < -0.39 is 23.2 Å². The van der Waals surface area contributed by atoms with E-state index in [4.69, 9.17) is 9.47 Å². The fourth-order valence-corrected chi connectivity index (χ4v) is 4.72. The molecule has 0 saturated heterocycles. The zero-order valence-corrected chi connectivity index (χ0v) is 20.8. The summed E-state index contributed by atoms with van der Waals surface area (Å²) in [6.07, 6.45) is -2.50. The van der Waals surface area contributed by atoms with Gasteiger partial charge < -0.3 is 24.6 Å².